The predicted octanol–water partition coefficient (Wildman–Crippen LogP) is 6.47. The maximum absolute atomic E-state index is 2.52. The molecule has 7 rings (SSSR count). The third kappa shape index (κ3) is 1.54. The number of hydrogen-bond donors (Lipinski definition) is 0. The second kappa shape index (κ2) is 4.12. The van der Waals surface area contributed by atoms with Crippen molar-refractivity contribution in [3.8, 4) is 0 Å². The number of rotatable bonds is 0. The van der Waals surface area contributed by atoms with Gasteiger partial charge in [-0.25, -0.2) is 0 Å². The van der Waals surface area contributed by atoms with Crippen molar-refractivity contribution in [1.29, 1.82) is 0 Å². The molecule has 1 aliphatic carbocycles. The monoisotopic (exact) mass is 342 g/mol. The average Bonchev–Trinajstić information content (AvgIpc) is 3.51. The van der Waals surface area contributed by atoms with Gasteiger partial charge in [0.2, 0.25) is 0 Å². The highest BCUT2D eigenvalue weighted by Gasteiger charge is 2.61. The highest BCUT2D eigenvalue weighted by Crippen LogP contribution is 2.76. The van der Waals surface area contributed by atoms with Gasteiger partial charge in [0.05, 0.1) is 0 Å². The van der Waals surface area contributed by atoms with Gasteiger partial charge in [0.25, 0.3) is 0 Å². The Hall–Kier alpha value is -1.64. The third-order valence-corrected chi connectivity index (χ3v) is 8.88. The van der Waals surface area contributed by atoms with Crippen LogP contribution in [0.4, 0.5) is 0 Å². The van der Waals surface area contributed by atoms with Crippen molar-refractivity contribution in [2.75, 3.05) is 0 Å². The van der Waals surface area contributed by atoms with Crippen LogP contribution in [0.2, 0.25) is 0 Å². The van der Waals surface area contributed by atoms with Crippen LogP contribution in [-0.2, 0) is 0 Å². The topological polar surface area (TPSA) is 0 Å². The zero-order valence-corrected chi connectivity index (χ0v) is 14.5. The van der Waals surface area contributed by atoms with Crippen LogP contribution in [0.1, 0.15) is 21.6 Å². The molecule has 3 aliphatic rings. The number of fused-ring (bicyclic) bond motifs is 10. The van der Waals surface area contributed by atoms with Gasteiger partial charge in [-0.1, -0.05) is 36.4 Å². The van der Waals surface area contributed by atoms with Crippen LogP contribution >= 0.6 is 23.5 Å². The molecule has 2 heterocycles. The standard InChI is InChI=1S/C22H14S2/c1-2-4-12-8-15-13(7-11(12)3-1)5-6-14-9-17-18(10-16(14)15)20-22(24-20)21-19(17)23-21/h1-10,19-22H. The van der Waals surface area contributed by atoms with Crippen LogP contribution in [-0.4, -0.2) is 10.5 Å². The highest BCUT2D eigenvalue weighted by molar-refractivity contribution is 8.12. The summed E-state index contributed by atoms with van der Waals surface area (Å²) in [7, 11) is 0. The van der Waals surface area contributed by atoms with Crippen molar-refractivity contribution in [2.45, 2.75) is 21.0 Å². The Morgan fingerprint density at radius 1 is 0.542 bits per heavy atom. The molecule has 0 aromatic heterocycles. The number of hydrogen-bond acceptors (Lipinski definition) is 2. The maximum Gasteiger partial charge on any atom is 0.0434 e. The summed E-state index contributed by atoms with van der Waals surface area (Å²) in [5, 5.41) is 11.7. The second-order valence-electron chi connectivity index (χ2n) is 7.23. The molecule has 0 N–H and O–H groups in total. The number of benzene rings is 4. The maximum atomic E-state index is 2.52. The SMILES string of the molecule is c1ccc2cc3c(ccc4cc5c(cc43)C3SC3C3SC53)cc2c1. The van der Waals surface area contributed by atoms with Crippen molar-refractivity contribution in [3.63, 3.8) is 0 Å². The van der Waals surface area contributed by atoms with Gasteiger partial charge in [0, 0.05) is 21.0 Å². The van der Waals surface area contributed by atoms with Gasteiger partial charge >= 0.3 is 0 Å². The molecule has 24 heavy (non-hydrogen) atoms. The largest absolute Gasteiger partial charge is 0.146 e. The van der Waals surface area contributed by atoms with E-state index < -0.39 is 0 Å². The minimum absolute atomic E-state index is 0.774. The van der Waals surface area contributed by atoms with Gasteiger partial charge in [-0.15, -0.1) is 23.5 Å². The van der Waals surface area contributed by atoms with E-state index in [1.165, 1.54) is 32.3 Å². The lowest BCUT2D eigenvalue weighted by molar-refractivity contribution is 0.831. The molecule has 4 aromatic rings. The molecule has 4 unspecified atom stereocenters. The zero-order valence-electron chi connectivity index (χ0n) is 12.9. The summed E-state index contributed by atoms with van der Waals surface area (Å²) in [5.41, 5.74) is 3.26. The molecular weight excluding hydrogens is 328 g/mol. The van der Waals surface area contributed by atoms with Gasteiger partial charge in [-0.2, -0.15) is 0 Å². The van der Waals surface area contributed by atoms with E-state index in [4.69, 9.17) is 0 Å². The van der Waals surface area contributed by atoms with Crippen LogP contribution < -0.4 is 0 Å². The Bertz CT molecular complexity index is 1190. The van der Waals surface area contributed by atoms with Crippen molar-refractivity contribution < 1.29 is 0 Å². The molecule has 0 saturated carbocycles. The van der Waals surface area contributed by atoms with Crippen LogP contribution in [0.15, 0.2) is 60.7 Å². The summed E-state index contributed by atoms with van der Waals surface area (Å²) >= 11 is 4.37. The lowest BCUT2D eigenvalue weighted by atomic mass is 9.88. The zero-order chi connectivity index (χ0) is 15.4. The summed E-state index contributed by atoms with van der Waals surface area (Å²) < 4.78 is 0. The molecule has 2 heteroatoms. The van der Waals surface area contributed by atoms with E-state index >= 15 is 0 Å². The fourth-order valence-electron chi connectivity index (χ4n) is 4.57. The summed E-state index contributed by atoms with van der Waals surface area (Å²) in [5.74, 6) is 0. The molecule has 2 fully saturated rings. The van der Waals surface area contributed by atoms with Crippen LogP contribution in [0, 0.1) is 0 Å². The summed E-state index contributed by atoms with van der Waals surface area (Å²) in [4.78, 5) is 0. The Balaban J connectivity index is 1.60. The van der Waals surface area contributed by atoms with E-state index in [0.717, 1.165) is 21.0 Å². The minimum atomic E-state index is 0.774. The fourth-order valence-corrected chi connectivity index (χ4v) is 7.61. The molecule has 2 saturated heterocycles. The lowest BCUT2D eigenvalue weighted by Gasteiger charge is -2.15. The molecular formula is C22H14S2. The van der Waals surface area contributed by atoms with Crippen LogP contribution in [0.25, 0.3) is 32.3 Å². The summed E-state index contributed by atoms with van der Waals surface area (Å²) in [6.45, 7) is 0. The third-order valence-electron chi connectivity index (χ3n) is 5.89. The van der Waals surface area contributed by atoms with Crippen molar-refractivity contribution in [2.24, 2.45) is 0 Å². The Kier molecular flexibility index (Phi) is 2.18. The molecule has 0 nitrogen and oxygen atoms in total. The minimum Gasteiger partial charge on any atom is -0.146 e. The Morgan fingerprint density at radius 3 is 1.88 bits per heavy atom. The Morgan fingerprint density at radius 2 is 1.12 bits per heavy atom. The van der Waals surface area contributed by atoms with E-state index in [2.05, 4.69) is 84.2 Å². The normalized spacial score (nSPS) is 29.3. The lowest BCUT2D eigenvalue weighted by Crippen LogP contribution is -2.07. The van der Waals surface area contributed by atoms with Crippen LogP contribution in [0.5, 0.6) is 0 Å². The first-order valence-corrected chi connectivity index (χ1v) is 10.5. The first-order chi connectivity index (χ1) is 11.9. The molecule has 114 valence electrons. The van der Waals surface area contributed by atoms with Crippen molar-refractivity contribution >= 4 is 55.8 Å². The van der Waals surface area contributed by atoms with E-state index in [0.29, 0.717) is 0 Å². The van der Waals surface area contributed by atoms with Gasteiger partial charge < -0.3 is 0 Å². The summed E-state index contributed by atoms with van der Waals surface area (Å²) in [6.07, 6.45) is 0. The van der Waals surface area contributed by atoms with E-state index in [-0.39, 0.29) is 0 Å². The van der Waals surface area contributed by atoms with Crippen LogP contribution in [0.3, 0.4) is 0 Å². The highest BCUT2D eigenvalue weighted by atomic mass is 32.2. The molecule has 0 radical (unpaired) electrons. The van der Waals surface area contributed by atoms with Gasteiger partial charge in [-0.3, -0.25) is 0 Å². The van der Waals surface area contributed by atoms with E-state index in [1.54, 1.807) is 11.1 Å². The fraction of sp³-hybridized carbons (Fsp3) is 0.182. The van der Waals surface area contributed by atoms with Crippen molar-refractivity contribution in [3.05, 3.63) is 71.8 Å². The van der Waals surface area contributed by atoms with Gasteiger partial charge in [0.1, 0.15) is 0 Å². The average molecular weight is 342 g/mol. The second-order valence-corrected chi connectivity index (χ2v) is 9.88. The molecule has 2 aliphatic heterocycles. The molecule has 0 amide bonds. The smallest absolute Gasteiger partial charge is 0.0434 e. The summed E-state index contributed by atoms with van der Waals surface area (Å²) in [6, 6.07) is 23.1. The van der Waals surface area contributed by atoms with Gasteiger partial charge in [-0.05, 0) is 67.7 Å². The molecule has 0 bridgehead atoms. The first-order valence-electron chi connectivity index (χ1n) is 8.57. The van der Waals surface area contributed by atoms with E-state index in [9.17, 15) is 0 Å². The Labute approximate surface area is 148 Å². The molecule has 4 atom stereocenters. The van der Waals surface area contributed by atoms with Gasteiger partial charge in [0.15, 0.2) is 0 Å². The number of thioether (sulfide) groups is 2. The quantitative estimate of drug-likeness (QED) is 0.204. The predicted molar refractivity (Wildman–Crippen MR) is 107 cm³/mol. The molecule has 0 spiro atoms. The van der Waals surface area contributed by atoms with E-state index in [1.807, 2.05) is 0 Å². The first kappa shape index (κ1) is 12.7. The molecule has 4 aromatic carbocycles. The van der Waals surface area contributed by atoms with Crippen molar-refractivity contribution in [1.82, 2.24) is 0 Å².